The summed E-state index contributed by atoms with van der Waals surface area (Å²) in [4.78, 5) is 15.5. The third kappa shape index (κ3) is 2.60. The molecule has 3 rings (SSSR count). The van der Waals surface area contributed by atoms with Gasteiger partial charge in [-0.1, -0.05) is 17.7 Å². The van der Waals surface area contributed by atoms with E-state index in [9.17, 15) is 9.90 Å². The molecule has 0 spiro atoms. The normalized spacial score (nSPS) is 30.5. The average molecular weight is 314 g/mol. The quantitative estimate of drug-likeness (QED) is 0.732. The van der Waals surface area contributed by atoms with Crippen LogP contribution in [0.2, 0.25) is 0 Å². The van der Waals surface area contributed by atoms with Crippen LogP contribution < -0.4 is 5.32 Å². The number of rotatable bonds is 2. The summed E-state index contributed by atoms with van der Waals surface area (Å²) in [5.41, 5.74) is 4.86. The number of nitrogens with zero attached hydrogens (tertiary/aromatic N) is 1. The van der Waals surface area contributed by atoms with E-state index in [2.05, 4.69) is 24.2 Å². The number of carbonyl (C=O) groups is 1. The Labute approximate surface area is 135 Å². The van der Waals surface area contributed by atoms with Crippen LogP contribution in [0.3, 0.4) is 0 Å². The lowest BCUT2D eigenvalue weighted by molar-refractivity contribution is -0.132. The van der Waals surface area contributed by atoms with Crippen molar-refractivity contribution in [3.8, 4) is 0 Å². The highest BCUT2D eigenvalue weighted by atomic mass is 16.4. The lowest BCUT2D eigenvalue weighted by atomic mass is 9.76. The van der Waals surface area contributed by atoms with E-state index >= 15 is 0 Å². The van der Waals surface area contributed by atoms with Crippen LogP contribution in [0.15, 0.2) is 50.9 Å². The van der Waals surface area contributed by atoms with Crippen LogP contribution in [0.25, 0.3) is 0 Å². The van der Waals surface area contributed by atoms with Crippen LogP contribution in [-0.2, 0) is 4.79 Å². The Hall–Kier alpha value is -2.30. The highest BCUT2D eigenvalue weighted by molar-refractivity contribution is 6.09. The Kier molecular flexibility index (Phi) is 3.88. The molecule has 3 aliphatic rings. The maximum Gasteiger partial charge on any atom is 0.340 e. The number of fused-ring (bicyclic) bond motifs is 1. The molecule has 0 saturated carbocycles. The van der Waals surface area contributed by atoms with Crippen molar-refractivity contribution < 1.29 is 15.0 Å². The maximum absolute atomic E-state index is 11.1. The smallest absolute Gasteiger partial charge is 0.340 e. The second-order valence-electron chi connectivity index (χ2n) is 6.54. The van der Waals surface area contributed by atoms with Gasteiger partial charge in [-0.15, -0.1) is 0 Å². The van der Waals surface area contributed by atoms with Crippen LogP contribution in [0.5, 0.6) is 0 Å². The molecule has 0 aromatic heterocycles. The summed E-state index contributed by atoms with van der Waals surface area (Å²) in [7, 11) is 0. The topological polar surface area (TPSA) is 81.9 Å². The average Bonchev–Trinajstić information content (AvgIpc) is 2.51. The number of aliphatic hydroxyl groups is 1. The lowest BCUT2D eigenvalue weighted by Gasteiger charge is -2.34. The molecular weight excluding hydrogens is 292 g/mol. The predicted octanol–water partition coefficient (Wildman–Crippen LogP) is 2.74. The van der Waals surface area contributed by atoms with Crippen molar-refractivity contribution >= 4 is 12.2 Å². The zero-order valence-corrected chi connectivity index (χ0v) is 13.6. The van der Waals surface area contributed by atoms with Gasteiger partial charge < -0.3 is 15.5 Å². The largest absolute Gasteiger partial charge is 0.511 e. The summed E-state index contributed by atoms with van der Waals surface area (Å²) < 4.78 is 0. The fraction of sp³-hybridized carbons (Fsp3) is 0.444. The first-order valence-corrected chi connectivity index (χ1v) is 7.88. The van der Waals surface area contributed by atoms with Gasteiger partial charge in [0.1, 0.15) is 11.3 Å². The van der Waals surface area contributed by atoms with Crippen LogP contribution in [0, 0.1) is 11.8 Å². The number of aliphatic imine (C=N–C) groups is 1. The number of aliphatic carboxylic acids is 1. The molecule has 0 bridgehead atoms. The number of carboxylic acid groups (broad SMARTS) is 1. The van der Waals surface area contributed by atoms with Crippen LogP contribution in [0.1, 0.15) is 27.2 Å². The summed E-state index contributed by atoms with van der Waals surface area (Å²) in [6.45, 7) is 7.17. The third-order valence-electron chi connectivity index (χ3n) is 5.15. The van der Waals surface area contributed by atoms with Crippen molar-refractivity contribution in [1.82, 2.24) is 5.32 Å². The Bertz CT molecular complexity index is 710. The van der Waals surface area contributed by atoms with Gasteiger partial charge in [0.05, 0.1) is 12.0 Å². The summed E-state index contributed by atoms with van der Waals surface area (Å²) in [5.74, 6) is -1.22. The molecular formula is C18H22N2O3. The fourth-order valence-electron chi connectivity index (χ4n) is 3.59. The number of nitrogens with one attached hydrogen (secondary N) is 1. The molecule has 0 fully saturated rings. The molecule has 122 valence electrons. The van der Waals surface area contributed by atoms with Crippen LogP contribution in [-0.4, -0.2) is 35.0 Å². The molecule has 0 radical (unpaired) electrons. The number of hydrogen-bond acceptors (Lipinski definition) is 4. The van der Waals surface area contributed by atoms with E-state index in [1.54, 1.807) is 0 Å². The van der Waals surface area contributed by atoms with E-state index in [0.29, 0.717) is 5.92 Å². The third-order valence-corrected chi connectivity index (χ3v) is 5.15. The van der Waals surface area contributed by atoms with Crippen LogP contribution >= 0.6 is 0 Å². The molecule has 0 saturated heterocycles. The number of allylic oxidation sites excluding steroid dienone is 3. The first kappa shape index (κ1) is 15.6. The molecule has 5 nitrogen and oxygen atoms in total. The van der Waals surface area contributed by atoms with Gasteiger partial charge >= 0.3 is 5.97 Å². The number of dihydropyridines is 1. The molecule has 5 heteroatoms. The van der Waals surface area contributed by atoms with Gasteiger partial charge in [0, 0.05) is 24.4 Å². The zero-order chi connectivity index (χ0) is 16.7. The van der Waals surface area contributed by atoms with Gasteiger partial charge in [-0.05, 0) is 38.3 Å². The zero-order valence-electron chi connectivity index (χ0n) is 13.6. The molecule has 3 unspecified atom stereocenters. The van der Waals surface area contributed by atoms with E-state index in [1.165, 1.54) is 23.1 Å². The van der Waals surface area contributed by atoms with Crippen molar-refractivity contribution in [3.05, 3.63) is 45.9 Å². The first-order chi connectivity index (χ1) is 10.9. The second-order valence-corrected chi connectivity index (χ2v) is 6.54. The second kappa shape index (κ2) is 5.72. The Morgan fingerprint density at radius 3 is 2.74 bits per heavy atom. The van der Waals surface area contributed by atoms with Gasteiger partial charge in [0.25, 0.3) is 0 Å². The minimum atomic E-state index is -1.14. The molecule has 3 N–H and O–H groups in total. The van der Waals surface area contributed by atoms with E-state index in [4.69, 9.17) is 5.11 Å². The fourth-order valence-corrected chi connectivity index (χ4v) is 3.59. The Balaban J connectivity index is 1.90. The minimum Gasteiger partial charge on any atom is -0.511 e. The predicted molar refractivity (Wildman–Crippen MR) is 89.4 cm³/mol. The van der Waals surface area contributed by atoms with E-state index in [-0.39, 0.29) is 23.3 Å². The maximum atomic E-state index is 11.1. The molecule has 23 heavy (non-hydrogen) atoms. The number of carboxylic acids is 1. The monoisotopic (exact) mass is 314 g/mol. The summed E-state index contributed by atoms with van der Waals surface area (Å²) >= 11 is 0. The highest BCUT2D eigenvalue weighted by Gasteiger charge is 2.35. The van der Waals surface area contributed by atoms with Crippen molar-refractivity contribution in [2.75, 3.05) is 6.54 Å². The molecule has 1 aliphatic carbocycles. The van der Waals surface area contributed by atoms with Gasteiger partial charge in [0.2, 0.25) is 0 Å². The van der Waals surface area contributed by atoms with E-state index in [0.717, 1.165) is 18.5 Å². The lowest BCUT2D eigenvalue weighted by Crippen LogP contribution is -2.34. The van der Waals surface area contributed by atoms with Crippen molar-refractivity contribution in [2.45, 2.75) is 33.2 Å². The SMILES string of the molecule is CC1=C(C)NCC(C2=C(C)C3N=CC(C(=O)O)=C(O)C3C=C2)C1. The molecule has 2 heterocycles. The molecule has 2 aliphatic heterocycles. The summed E-state index contributed by atoms with van der Waals surface area (Å²) in [6.07, 6.45) is 6.22. The van der Waals surface area contributed by atoms with Gasteiger partial charge in [-0.2, -0.15) is 0 Å². The highest BCUT2D eigenvalue weighted by Crippen LogP contribution is 2.38. The molecule has 0 amide bonds. The van der Waals surface area contributed by atoms with Crippen molar-refractivity contribution in [1.29, 1.82) is 0 Å². The molecule has 0 aromatic rings. The van der Waals surface area contributed by atoms with E-state index < -0.39 is 5.97 Å². The van der Waals surface area contributed by atoms with E-state index in [1.807, 2.05) is 19.1 Å². The number of aliphatic hydroxyl groups excluding tert-OH is 1. The summed E-state index contributed by atoms with van der Waals surface area (Å²) in [5, 5.41) is 22.8. The van der Waals surface area contributed by atoms with Crippen molar-refractivity contribution in [2.24, 2.45) is 16.8 Å². The standard InChI is InChI=1S/C18H22N2O3/c1-9-6-12(7-19-11(9)3)13-4-5-14-16(10(13)2)20-8-15(17(14)21)18(22)23/h4-5,8,12,14,16,19,21H,6-7H2,1-3H3,(H,22,23). The first-order valence-electron chi connectivity index (χ1n) is 7.88. The van der Waals surface area contributed by atoms with Crippen LogP contribution in [0.4, 0.5) is 0 Å². The molecule has 3 atom stereocenters. The number of hydrogen-bond donors (Lipinski definition) is 3. The molecule has 0 aromatic carbocycles. The van der Waals surface area contributed by atoms with Gasteiger partial charge in [0.15, 0.2) is 0 Å². The van der Waals surface area contributed by atoms with Crippen molar-refractivity contribution in [3.63, 3.8) is 0 Å². The summed E-state index contributed by atoms with van der Waals surface area (Å²) in [6, 6.07) is -0.203. The van der Waals surface area contributed by atoms with Gasteiger partial charge in [-0.25, -0.2) is 4.79 Å². The Morgan fingerprint density at radius 2 is 2.09 bits per heavy atom. The minimum absolute atomic E-state index is 0.0964. The van der Waals surface area contributed by atoms with Gasteiger partial charge in [-0.3, -0.25) is 4.99 Å². The Morgan fingerprint density at radius 1 is 1.35 bits per heavy atom.